The Morgan fingerprint density at radius 3 is 2.21 bits per heavy atom. The smallest absolute Gasteiger partial charge is 0.305 e. The SMILES string of the molecule is CC(C)CN(CCC(=O)O)C(=O)C1CCCCCC1. The fourth-order valence-corrected chi connectivity index (χ4v) is 2.75. The first-order valence-electron chi connectivity index (χ1n) is 7.51. The Balaban J connectivity index is 2.59. The maximum Gasteiger partial charge on any atom is 0.305 e. The van der Waals surface area contributed by atoms with E-state index >= 15 is 0 Å². The van der Waals surface area contributed by atoms with Crippen LogP contribution in [0.1, 0.15) is 58.8 Å². The molecule has 1 aliphatic carbocycles. The number of hydrogen-bond acceptors (Lipinski definition) is 2. The van der Waals surface area contributed by atoms with Gasteiger partial charge < -0.3 is 10.0 Å². The van der Waals surface area contributed by atoms with E-state index in [0.29, 0.717) is 19.0 Å². The fourth-order valence-electron chi connectivity index (χ4n) is 2.75. The summed E-state index contributed by atoms with van der Waals surface area (Å²) in [7, 11) is 0. The van der Waals surface area contributed by atoms with Gasteiger partial charge in [-0.05, 0) is 18.8 Å². The normalized spacial score (nSPS) is 17.2. The van der Waals surface area contributed by atoms with Crippen molar-refractivity contribution in [2.45, 2.75) is 58.8 Å². The van der Waals surface area contributed by atoms with Crippen LogP contribution in [0.25, 0.3) is 0 Å². The molecule has 1 rings (SSSR count). The number of carbonyl (C=O) groups is 2. The highest BCUT2D eigenvalue weighted by molar-refractivity contribution is 5.79. The molecule has 0 aliphatic heterocycles. The lowest BCUT2D eigenvalue weighted by molar-refractivity contribution is -0.140. The van der Waals surface area contributed by atoms with Crippen molar-refractivity contribution in [2.75, 3.05) is 13.1 Å². The summed E-state index contributed by atoms with van der Waals surface area (Å²) in [4.78, 5) is 25.0. The van der Waals surface area contributed by atoms with Gasteiger partial charge in [-0.1, -0.05) is 39.5 Å². The molecule has 0 aromatic heterocycles. The van der Waals surface area contributed by atoms with Crippen LogP contribution in [0.3, 0.4) is 0 Å². The molecule has 0 aromatic rings. The van der Waals surface area contributed by atoms with Crippen LogP contribution in [0.4, 0.5) is 0 Å². The van der Waals surface area contributed by atoms with Gasteiger partial charge in [0, 0.05) is 19.0 Å². The molecule has 0 radical (unpaired) electrons. The van der Waals surface area contributed by atoms with Crippen LogP contribution in [-0.4, -0.2) is 35.0 Å². The lowest BCUT2D eigenvalue weighted by atomic mass is 9.98. The highest BCUT2D eigenvalue weighted by Gasteiger charge is 2.25. The Hall–Kier alpha value is -1.06. The van der Waals surface area contributed by atoms with Crippen molar-refractivity contribution < 1.29 is 14.7 Å². The Morgan fingerprint density at radius 1 is 1.16 bits per heavy atom. The third-order valence-corrected chi connectivity index (χ3v) is 3.70. The zero-order chi connectivity index (χ0) is 14.3. The number of aliphatic carboxylic acids is 1. The van der Waals surface area contributed by atoms with Crippen molar-refractivity contribution in [1.82, 2.24) is 4.90 Å². The molecule has 0 unspecified atom stereocenters. The summed E-state index contributed by atoms with van der Waals surface area (Å²) < 4.78 is 0. The number of carbonyl (C=O) groups excluding carboxylic acids is 1. The van der Waals surface area contributed by atoms with Crippen molar-refractivity contribution in [3.63, 3.8) is 0 Å². The number of carboxylic acids is 1. The van der Waals surface area contributed by atoms with Crippen LogP contribution in [0.2, 0.25) is 0 Å². The predicted molar refractivity (Wildman–Crippen MR) is 74.9 cm³/mol. The van der Waals surface area contributed by atoms with Crippen molar-refractivity contribution in [2.24, 2.45) is 11.8 Å². The van der Waals surface area contributed by atoms with Gasteiger partial charge in [0.2, 0.25) is 5.91 Å². The lowest BCUT2D eigenvalue weighted by Crippen LogP contribution is -2.39. The quantitative estimate of drug-likeness (QED) is 0.754. The van der Waals surface area contributed by atoms with E-state index in [9.17, 15) is 9.59 Å². The van der Waals surface area contributed by atoms with Crippen LogP contribution >= 0.6 is 0 Å². The fraction of sp³-hybridized carbons (Fsp3) is 0.867. The molecule has 4 nitrogen and oxygen atoms in total. The highest BCUT2D eigenvalue weighted by Crippen LogP contribution is 2.25. The van der Waals surface area contributed by atoms with Crippen LogP contribution < -0.4 is 0 Å². The van der Waals surface area contributed by atoms with Gasteiger partial charge >= 0.3 is 5.97 Å². The Morgan fingerprint density at radius 2 is 1.74 bits per heavy atom. The van der Waals surface area contributed by atoms with Crippen LogP contribution in [0, 0.1) is 11.8 Å². The first-order chi connectivity index (χ1) is 9.00. The van der Waals surface area contributed by atoms with Gasteiger partial charge in [0.25, 0.3) is 0 Å². The molecule has 1 fully saturated rings. The predicted octanol–water partition coefficient (Wildman–Crippen LogP) is 2.92. The number of nitrogens with zero attached hydrogens (tertiary/aromatic N) is 1. The molecule has 0 saturated heterocycles. The van der Waals surface area contributed by atoms with Crippen molar-refractivity contribution in [1.29, 1.82) is 0 Å². The molecule has 19 heavy (non-hydrogen) atoms. The van der Waals surface area contributed by atoms with E-state index in [-0.39, 0.29) is 18.2 Å². The van der Waals surface area contributed by atoms with Crippen molar-refractivity contribution in [3.8, 4) is 0 Å². The molecular weight excluding hydrogens is 242 g/mol. The van der Waals surface area contributed by atoms with E-state index in [1.165, 1.54) is 12.8 Å². The lowest BCUT2D eigenvalue weighted by Gasteiger charge is -2.28. The standard InChI is InChI=1S/C15H27NO3/c1-12(2)11-16(10-9-14(17)18)15(19)13-7-5-3-4-6-8-13/h12-13H,3-11H2,1-2H3,(H,17,18). The second-order valence-electron chi connectivity index (χ2n) is 6.01. The maximum atomic E-state index is 12.5. The summed E-state index contributed by atoms with van der Waals surface area (Å²) in [5.74, 6) is -0.155. The molecule has 110 valence electrons. The van der Waals surface area contributed by atoms with Gasteiger partial charge in [0.05, 0.1) is 6.42 Å². The first-order valence-corrected chi connectivity index (χ1v) is 7.51. The minimum atomic E-state index is -0.831. The minimum absolute atomic E-state index is 0.0468. The van der Waals surface area contributed by atoms with Crippen LogP contribution in [0.5, 0.6) is 0 Å². The Bertz CT molecular complexity index is 294. The first kappa shape index (κ1) is 16.0. The van der Waals surface area contributed by atoms with E-state index in [0.717, 1.165) is 25.7 Å². The zero-order valence-electron chi connectivity index (χ0n) is 12.2. The minimum Gasteiger partial charge on any atom is -0.481 e. The molecule has 1 aliphatic rings. The summed E-state index contributed by atoms with van der Waals surface area (Å²) in [6.07, 6.45) is 6.70. The van der Waals surface area contributed by atoms with E-state index in [4.69, 9.17) is 5.11 Å². The molecule has 0 atom stereocenters. The average molecular weight is 269 g/mol. The number of rotatable bonds is 6. The average Bonchev–Trinajstić information content (AvgIpc) is 2.61. The molecule has 1 amide bonds. The summed E-state index contributed by atoms with van der Waals surface area (Å²) in [5, 5.41) is 8.80. The topological polar surface area (TPSA) is 57.6 Å². The second kappa shape index (κ2) is 8.18. The summed E-state index contributed by atoms with van der Waals surface area (Å²) in [6, 6.07) is 0. The molecule has 1 N–H and O–H groups in total. The number of hydrogen-bond donors (Lipinski definition) is 1. The maximum absolute atomic E-state index is 12.5. The van der Waals surface area contributed by atoms with Gasteiger partial charge in [-0.3, -0.25) is 9.59 Å². The van der Waals surface area contributed by atoms with Gasteiger partial charge in [-0.25, -0.2) is 0 Å². The molecular formula is C15H27NO3. The summed E-state index contributed by atoms with van der Waals surface area (Å²) in [5.41, 5.74) is 0. The van der Waals surface area contributed by atoms with Crippen LogP contribution in [0.15, 0.2) is 0 Å². The second-order valence-corrected chi connectivity index (χ2v) is 6.01. The van der Waals surface area contributed by atoms with Gasteiger partial charge in [0.15, 0.2) is 0 Å². The summed E-state index contributed by atoms with van der Waals surface area (Å²) >= 11 is 0. The molecule has 4 heteroatoms. The van der Waals surface area contributed by atoms with E-state index in [1.807, 2.05) is 0 Å². The van der Waals surface area contributed by atoms with Crippen molar-refractivity contribution in [3.05, 3.63) is 0 Å². The van der Waals surface area contributed by atoms with Gasteiger partial charge in [-0.15, -0.1) is 0 Å². The Kier molecular flexibility index (Phi) is 6.89. The van der Waals surface area contributed by atoms with E-state index in [2.05, 4.69) is 13.8 Å². The third kappa shape index (κ3) is 6.08. The van der Waals surface area contributed by atoms with Gasteiger partial charge in [0.1, 0.15) is 0 Å². The summed E-state index contributed by atoms with van der Waals surface area (Å²) in [6.45, 7) is 5.15. The monoisotopic (exact) mass is 269 g/mol. The number of amides is 1. The highest BCUT2D eigenvalue weighted by atomic mass is 16.4. The molecule has 0 aromatic carbocycles. The zero-order valence-corrected chi connectivity index (χ0v) is 12.2. The number of carboxylic acid groups (broad SMARTS) is 1. The molecule has 0 bridgehead atoms. The van der Waals surface area contributed by atoms with E-state index < -0.39 is 5.97 Å². The molecule has 1 saturated carbocycles. The molecule has 0 spiro atoms. The molecule has 0 heterocycles. The van der Waals surface area contributed by atoms with Crippen LogP contribution in [-0.2, 0) is 9.59 Å². The van der Waals surface area contributed by atoms with Crippen molar-refractivity contribution >= 4 is 11.9 Å². The van der Waals surface area contributed by atoms with E-state index in [1.54, 1.807) is 4.90 Å². The largest absolute Gasteiger partial charge is 0.481 e. The Labute approximate surface area is 116 Å². The third-order valence-electron chi connectivity index (χ3n) is 3.70. The van der Waals surface area contributed by atoms with Gasteiger partial charge in [-0.2, -0.15) is 0 Å².